The lowest BCUT2D eigenvalue weighted by Crippen LogP contribution is -2.30. The number of halogens is 1. The standard InChI is InChI=1S/C15H21BrN2O2/c1-9-4-5-12(6-10(9)2)17-14-8-15(18(19)20)11(3)7-13(14)16/h7-10,12,17H,4-6H2,1-3H3. The van der Waals surface area contributed by atoms with Crippen LogP contribution < -0.4 is 5.32 Å². The summed E-state index contributed by atoms with van der Waals surface area (Å²) in [5, 5.41) is 14.5. The van der Waals surface area contributed by atoms with Crippen LogP contribution in [-0.2, 0) is 0 Å². The minimum Gasteiger partial charge on any atom is -0.381 e. The highest BCUT2D eigenvalue weighted by Crippen LogP contribution is 2.35. The zero-order valence-electron chi connectivity index (χ0n) is 12.1. The van der Waals surface area contributed by atoms with Crippen molar-refractivity contribution in [2.75, 3.05) is 5.32 Å². The minimum atomic E-state index is -0.321. The van der Waals surface area contributed by atoms with Crippen LogP contribution in [0.1, 0.15) is 38.7 Å². The number of hydrogen-bond donors (Lipinski definition) is 1. The summed E-state index contributed by atoms with van der Waals surface area (Å²) in [6.07, 6.45) is 3.46. The molecule has 1 aliphatic carbocycles. The van der Waals surface area contributed by atoms with Gasteiger partial charge in [-0.05, 0) is 60.0 Å². The molecule has 3 unspecified atom stereocenters. The molecule has 2 rings (SSSR count). The molecule has 1 N–H and O–H groups in total. The summed E-state index contributed by atoms with van der Waals surface area (Å²) in [7, 11) is 0. The smallest absolute Gasteiger partial charge is 0.274 e. The van der Waals surface area contributed by atoms with E-state index < -0.39 is 0 Å². The fourth-order valence-electron chi connectivity index (χ4n) is 2.87. The van der Waals surface area contributed by atoms with Crippen LogP contribution in [-0.4, -0.2) is 11.0 Å². The molecule has 1 aromatic rings. The van der Waals surface area contributed by atoms with Gasteiger partial charge in [0.25, 0.3) is 5.69 Å². The first-order chi connectivity index (χ1) is 9.38. The van der Waals surface area contributed by atoms with Gasteiger partial charge in [0, 0.05) is 22.1 Å². The predicted octanol–water partition coefficient (Wildman–Crippen LogP) is 4.90. The Morgan fingerprint density at radius 2 is 2.00 bits per heavy atom. The number of benzene rings is 1. The Hall–Kier alpha value is -1.10. The van der Waals surface area contributed by atoms with Gasteiger partial charge < -0.3 is 5.32 Å². The Balaban J connectivity index is 2.17. The monoisotopic (exact) mass is 340 g/mol. The molecule has 5 heteroatoms. The van der Waals surface area contributed by atoms with Gasteiger partial charge in [0.15, 0.2) is 0 Å². The highest BCUT2D eigenvalue weighted by atomic mass is 79.9. The van der Waals surface area contributed by atoms with Gasteiger partial charge in [-0.2, -0.15) is 0 Å². The number of nitrogens with zero attached hydrogens (tertiary/aromatic N) is 1. The third-order valence-corrected chi connectivity index (χ3v) is 5.10. The van der Waals surface area contributed by atoms with Gasteiger partial charge in [0.05, 0.1) is 10.6 Å². The quantitative estimate of drug-likeness (QED) is 0.628. The summed E-state index contributed by atoms with van der Waals surface area (Å²) in [6.45, 7) is 6.34. The van der Waals surface area contributed by atoms with Gasteiger partial charge >= 0.3 is 0 Å². The average molecular weight is 341 g/mol. The Bertz CT molecular complexity index is 519. The fourth-order valence-corrected chi connectivity index (χ4v) is 3.44. The van der Waals surface area contributed by atoms with Crippen molar-refractivity contribution in [3.8, 4) is 0 Å². The molecule has 3 atom stereocenters. The summed E-state index contributed by atoms with van der Waals surface area (Å²) in [6, 6.07) is 3.86. The zero-order chi connectivity index (χ0) is 14.9. The Kier molecular flexibility index (Phi) is 4.68. The number of nitrogens with one attached hydrogen (secondary N) is 1. The van der Waals surface area contributed by atoms with E-state index in [4.69, 9.17) is 0 Å². The molecule has 1 saturated carbocycles. The van der Waals surface area contributed by atoms with Crippen molar-refractivity contribution < 1.29 is 4.92 Å². The Morgan fingerprint density at radius 3 is 2.60 bits per heavy atom. The predicted molar refractivity (Wildman–Crippen MR) is 85.1 cm³/mol. The van der Waals surface area contributed by atoms with E-state index in [-0.39, 0.29) is 10.6 Å². The maximum absolute atomic E-state index is 11.0. The van der Waals surface area contributed by atoms with Crippen molar-refractivity contribution in [2.24, 2.45) is 11.8 Å². The number of hydrogen-bond acceptors (Lipinski definition) is 3. The normalized spacial score (nSPS) is 26.3. The lowest BCUT2D eigenvalue weighted by molar-refractivity contribution is -0.385. The molecule has 0 radical (unpaired) electrons. The number of anilines is 1. The van der Waals surface area contributed by atoms with Gasteiger partial charge in [0.1, 0.15) is 0 Å². The largest absolute Gasteiger partial charge is 0.381 e. The molecule has 1 aliphatic rings. The molecule has 20 heavy (non-hydrogen) atoms. The van der Waals surface area contributed by atoms with Gasteiger partial charge in [-0.15, -0.1) is 0 Å². The van der Waals surface area contributed by atoms with E-state index in [1.807, 2.05) is 6.07 Å². The van der Waals surface area contributed by atoms with Crippen LogP contribution in [0.2, 0.25) is 0 Å². The molecule has 4 nitrogen and oxygen atoms in total. The summed E-state index contributed by atoms with van der Waals surface area (Å²) in [5.74, 6) is 1.46. The summed E-state index contributed by atoms with van der Waals surface area (Å²) in [5.41, 5.74) is 1.68. The van der Waals surface area contributed by atoms with Crippen molar-refractivity contribution in [1.29, 1.82) is 0 Å². The van der Waals surface area contributed by atoms with E-state index in [0.29, 0.717) is 17.5 Å². The van der Waals surface area contributed by atoms with Crippen molar-refractivity contribution in [3.63, 3.8) is 0 Å². The zero-order valence-corrected chi connectivity index (χ0v) is 13.7. The summed E-state index contributed by atoms with van der Waals surface area (Å²) < 4.78 is 0.895. The molecule has 0 spiro atoms. The first-order valence-corrected chi connectivity index (χ1v) is 7.89. The number of nitro benzene ring substituents is 1. The third kappa shape index (κ3) is 3.32. The van der Waals surface area contributed by atoms with E-state index >= 15 is 0 Å². The molecule has 0 aliphatic heterocycles. The van der Waals surface area contributed by atoms with Crippen LogP contribution in [0.25, 0.3) is 0 Å². The SMILES string of the molecule is Cc1cc(Br)c(NC2CCC(C)C(C)C2)cc1[N+](=O)[O-]. The van der Waals surface area contributed by atoms with E-state index in [1.165, 1.54) is 6.42 Å². The lowest BCUT2D eigenvalue weighted by atomic mass is 9.79. The first kappa shape index (κ1) is 15.3. The molecule has 0 aromatic heterocycles. The molecular weight excluding hydrogens is 320 g/mol. The van der Waals surface area contributed by atoms with Gasteiger partial charge in [0.2, 0.25) is 0 Å². The molecular formula is C15H21BrN2O2. The second-order valence-electron chi connectivity index (χ2n) is 5.98. The first-order valence-electron chi connectivity index (χ1n) is 7.09. The van der Waals surface area contributed by atoms with Crippen LogP contribution >= 0.6 is 15.9 Å². The van der Waals surface area contributed by atoms with E-state index in [0.717, 1.165) is 28.9 Å². The number of rotatable bonds is 3. The van der Waals surface area contributed by atoms with Crippen molar-refractivity contribution in [1.82, 2.24) is 0 Å². The van der Waals surface area contributed by atoms with Gasteiger partial charge in [-0.1, -0.05) is 13.8 Å². The van der Waals surface area contributed by atoms with Crippen molar-refractivity contribution in [2.45, 2.75) is 46.1 Å². The maximum Gasteiger partial charge on any atom is 0.274 e. The summed E-state index contributed by atoms with van der Waals surface area (Å²) >= 11 is 3.50. The number of aryl methyl sites for hydroxylation is 1. The molecule has 1 aromatic carbocycles. The number of nitro groups is 1. The van der Waals surface area contributed by atoms with E-state index in [2.05, 4.69) is 35.1 Å². The average Bonchev–Trinajstić information content (AvgIpc) is 2.36. The molecule has 1 fully saturated rings. The van der Waals surface area contributed by atoms with Crippen LogP contribution in [0.5, 0.6) is 0 Å². The molecule has 0 bridgehead atoms. The van der Waals surface area contributed by atoms with Crippen LogP contribution in [0.4, 0.5) is 11.4 Å². The van der Waals surface area contributed by atoms with Crippen molar-refractivity contribution in [3.05, 3.63) is 32.3 Å². The Morgan fingerprint density at radius 1 is 1.30 bits per heavy atom. The molecule has 0 amide bonds. The topological polar surface area (TPSA) is 55.2 Å². The molecule has 0 heterocycles. The molecule has 110 valence electrons. The van der Waals surface area contributed by atoms with Gasteiger partial charge in [-0.25, -0.2) is 0 Å². The van der Waals surface area contributed by atoms with E-state index in [1.54, 1.807) is 13.0 Å². The lowest BCUT2D eigenvalue weighted by Gasteiger charge is -2.33. The van der Waals surface area contributed by atoms with Crippen LogP contribution in [0.15, 0.2) is 16.6 Å². The second-order valence-corrected chi connectivity index (χ2v) is 6.84. The Labute approximate surface area is 128 Å². The fraction of sp³-hybridized carbons (Fsp3) is 0.600. The van der Waals surface area contributed by atoms with Crippen LogP contribution in [0.3, 0.4) is 0 Å². The van der Waals surface area contributed by atoms with Gasteiger partial charge in [-0.3, -0.25) is 10.1 Å². The minimum absolute atomic E-state index is 0.174. The highest BCUT2D eigenvalue weighted by molar-refractivity contribution is 9.10. The maximum atomic E-state index is 11.0. The van der Waals surface area contributed by atoms with Crippen molar-refractivity contribution >= 4 is 27.3 Å². The third-order valence-electron chi connectivity index (χ3n) is 4.44. The second kappa shape index (κ2) is 6.12. The highest BCUT2D eigenvalue weighted by Gasteiger charge is 2.25. The van der Waals surface area contributed by atoms with E-state index in [9.17, 15) is 10.1 Å². The van der Waals surface area contributed by atoms with Crippen LogP contribution in [0, 0.1) is 28.9 Å². The summed E-state index contributed by atoms with van der Waals surface area (Å²) in [4.78, 5) is 10.7. The molecule has 0 saturated heterocycles.